The highest BCUT2D eigenvalue weighted by Gasteiger charge is 2.16. The number of carbonyl (C=O) groups is 2. The molecule has 22 heavy (non-hydrogen) atoms. The van der Waals surface area contributed by atoms with Crippen LogP contribution in [0.1, 0.15) is 35.2 Å². The molecule has 1 aromatic carbocycles. The monoisotopic (exact) mass is 302 g/mol. The number of rotatable bonds is 0. The van der Waals surface area contributed by atoms with Crippen LogP contribution in [-0.4, -0.2) is 34.7 Å². The van der Waals surface area contributed by atoms with Gasteiger partial charge in [-0.25, -0.2) is 4.79 Å². The number of phenolic OH excluding ortho intramolecular Hbond substituents is 1. The minimum absolute atomic E-state index is 0.0200. The summed E-state index contributed by atoms with van der Waals surface area (Å²) in [5.74, 6) is -0.858. The van der Waals surface area contributed by atoms with Crippen LogP contribution in [0.2, 0.25) is 0 Å². The van der Waals surface area contributed by atoms with Crippen LogP contribution in [0, 0.1) is 0 Å². The van der Waals surface area contributed by atoms with Gasteiger partial charge in [-0.05, 0) is 18.1 Å². The second kappa shape index (κ2) is 7.56. The molecule has 0 saturated carbocycles. The van der Waals surface area contributed by atoms with E-state index in [-0.39, 0.29) is 36.5 Å². The molecule has 0 radical (unpaired) electrons. The quantitative estimate of drug-likeness (QED) is 0.567. The largest absolute Gasteiger partial charge is 0.507 e. The number of hydrogen-bond donors (Lipinski definition) is 2. The summed E-state index contributed by atoms with van der Waals surface area (Å²) in [4.78, 5) is 23.7. The van der Waals surface area contributed by atoms with Gasteiger partial charge in [-0.2, -0.15) is 0 Å². The Morgan fingerprint density at radius 1 is 1.14 bits per heavy atom. The van der Waals surface area contributed by atoms with Crippen molar-refractivity contribution in [3.8, 4) is 5.75 Å². The molecule has 0 aliphatic carbocycles. The number of hydrogen-bond acceptors (Lipinski definition) is 5. The Balaban J connectivity index is 2.30. The van der Waals surface area contributed by atoms with Crippen molar-refractivity contribution in [2.24, 2.45) is 0 Å². The van der Waals surface area contributed by atoms with Gasteiger partial charge in [0.05, 0.1) is 6.10 Å². The number of esters is 1. The first kappa shape index (κ1) is 16.0. The SMILES string of the molecule is O=C1CC=CCOC(=O)c2c(O)cccc2C=CC[C@H](O)C1. The van der Waals surface area contributed by atoms with E-state index in [9.17, 15) is 19.8 Å². The first-order valence-corrected chi connectivity index (χ1v) is 7.08. The van der Waals surface area contributed by atoms with Crippen LogP contribution in [0.3, 0.4) is 0 Å². The molecule has 0 bridgehead atoms. The maximum absolute atomic E-state index is 12.1. The van der Waals surface area contributed by atoms with E-state index in [1.54, 1.807) is 36.4 Å². The molecule has 0 fully saturated rings. The number of phenols is 1. The van der Waals surface area contributed by atoms with Crippen LogP contribution >= 0.6 is 0 Å². The fourth-order valence-corrected chi connectivity index (χ4v) is 2.18. The van der Waals surface area contributed by atoms with E-state index in [1.807, 2.05) is 0 Å². The normalized spacial score (nSPS) is 20.1. The predicted octanol–water partition coefficient (Wildman–Crippen LogP) is 2.23. The Morgan fingerprint density at radius 2 is 1.95 bits per heavy atom. The Bertz CT molecular complexity index is 615. The molecule has 0 spiro atoms. The summed E-state index contributed by atoms with van der Waals surface area (Å²) in [5.41, 5.74) is 0.597. The van der Waals surface area contributed by atoms with Crippen molar-refractivity contribution in [3.63, 3.8) is 0 Å². The van der Waals surface area contributed by atoms with Crippen molar-refractivity contribution in [2.75, 3.05) is 6.61 Å². The van der Waals surface area contributed by atoms with Crippen LogP contribution < -0.4 is 0 Å². The number of fused-ring (bicyclic) bond motifs is 1. The first-order chi connectivity index (χ1) is 10.6. The Kier molecular flexibility index (Phi) is 5.49. The molecule has 1 atom stereocenters. The number of aromatic hydroxyl groups is 1. The number of allylic oxidation sites excluding steroid dienone is 1. The topological polar surface area (TPSA) is 83.8 Å². The van der Waals surface area contributed by atoms with Crippen molar-refractivity contribution in [1.82, 2.24) is 0 Å². The van der Waals surface area contributed by atoms with Crippen molar-refractivity contribution < 1.29 is 24.5 Å². The number of cyclic esters (lactones) is 1. The van der Waals surface area contributed by atoms with Gasteiger partial charge in [0.15, 0.2) is 0 Å². The summed E-state index contributed by atoms with van der Waals surface area (Å²) in [6, 6.07) is 4.71. The van der Waals surface area contributed by atoms with Gasteiger partial charge in [0.2, 0.25) is 0 Å². The maximum Gasteiger partial charge on any atom is 0.342 e. The standard InChI is InChI=1S/C17H18O5/c18-13-7-1-2-10-22-17(21)16-12(6-4-9-15(16)20)5-3-8-14(19)11-13/h1-6,9,14,19-20H,7-8,10-11H2/t14-/m0/s1. The van der Waals surface area contributed by atoms with Gasteiger partial charge in [-0.15, -0.1) is 0 Å². The third kappa shape index (κ3) is 4.30. The average molecular weight is 302 g/mol. The minimum Gasteiger partial charge on any atom is -0.507 e. The lowest BCUT2D eigenvalue weighted by Gasteiger charge is -2.09. The van der Waals surface area contributed by atoms with Crippen molar-refractivity contribution in [2.45, 2.75) is 25.4 Å². The summed E-state index contributed by atoms with van der Waals surface area (Å²) in [6.07, 6.45) is 6.30. The highest BCUT2D eigenvalue weighted by molar-refractivity contribution is 5.96. The molecular weight excluding hydrogens is 284 g/mol. The number of aliphatic hydroxyl groups excluding tert-OH is 1. The lowest BCUT2D eigenvalue weighted by atomic mass is 10.0. The lowest BCUT2D eigenvalue weighted by Crippen LogP contribution is -2.12. The first-order valence-electron chi connectivity index (χ1n) is 7.08. The van der Waals surface area contributed by atoms with E-state index in [0.717, 1.165) is 0 Å². The van der Waals surface area contributed by atoms with E-state index >= 15 is 0 Å². The smallest absolute Gasteiger partial charge is 0.342 e. The number of aliphatic hydroxyl groups is 1. The number of benzene rings is 1. The van der Waals surface area contributed by atoms with Crippen LogP contribution in [0.15, 0.2) is 36.4 Å². The van der Waals surface area contributed by atoms with E-state index in [0.29, 0.717) is 12.0 Å². The molecule has 5 heteroatoms. The summed E-state index contributed by atoms with van der Waals surface area (Å²) in [6.45, 7) is 0.0200. The van der Waals surface area contributed by atoms with E-state index in [1.165, 1.54) is 6.07 Å². The van der Waals surface area contributed by atoms with E-state index in [4.69, 9.17) is 4.74 Å². The van der Waals surface area contributed by atoms with Crippen LogP contribution in [-0.2, 0) is 9.53 Å². The van der Waals surface area contributed by atoms with Gasteiger partial charge in [0.25, 0.3) is 0 Å². The molecule has 2 N–H and O–H groups in total. The maximum atomic E-state index is 12.1. The molecule has 0 saturated heterocycles. The van der Waals surface area contributed by atoms with Gasteiger partial charge < -0.3 is 14.9 Å². The fraction of sp³-hybridized carbons (Fsp3) is 0.294. The van der Waals surface area contributed by atoms with Crippen LogP contribution in [0.25, 0.3) is 6.08 Å². The fourth-order valence-electron chi connectivity index (χ4n) is 2.18. The zero-order valence-corrected chi connectivity index (χ0v) is 12.1. The molecule has 1 heterocycles. The summed E-state index contributed by atoms with van der Waals surface area (Å²) >= 11 is 0. The Labute approximate surface area is 128 Å². The number of Topliss-reactive ketones (excluding diaryl/α,β-unsaturated/α-hetero) is 1. The number of ketones is 1. The van der Waals surface area contributed by atoms with E-state index in [2.05, 4.69) is 0 Å². The zero-order valence-electron chi connectivity index (χ0n) is 12.1. The van der Waals surface area contributed by atoms with E-state index < -0.39 is 12.1 Å². The second-order valence-corrected chi connectivity index (χ2v) is 5.05. The van der Waals surface area contributed by atoms with Crippen LogP contribution in [0.4, 0.5) is 0 Å². The highest BCUT2D eigenvalue weighted by Crippen LogP contribution is 2.23. The third-order valence-corrected chi connectivity index (χ3v) is 3.27. The van der Waals surface area contributed by atoms with Gasteiger partial charge in [0, 0.05) is 12.8 Å². The molecule has 0 unspecified atom stereocenters. The average Bonchev–Trinajstić information content (AvgIpc) is 2.46. The Hall–Kier alpha value is -2.40. The Morgan fingerprint density at radius 3 is 2.77 bits per heavy atom. The second-order valence-electron chi connectivity index (χ2n) is 5.05. The molecule has 1 aliphatic rings. The zero-order chi connectivity index (χ0) is 15.9. The molecule has 0 amide bonds. The van der Waals surface area contributed by atoms with Gasteiger partial charge in [-0.1, -0.05) is 36.4 Å². The molecule has 116 valence electrons. The molecule has 2 rings (SSSR count). The lowest BCUT2D eigenvalue weighted by molar-refractivity contribution is -0.120. The summed E-state index contributed by atoms with van der Waals surface area (Å²) in [7, 11) is 0. The van der Waals surface area contributed by atoms with Crippen molar-refractivity contribution in [1.29, 1.82) is 0 Å². The summed E-state index contributed by atoms with van der Waals surface area (Å²) in [5, 5.41) is 19.7. The molecule has 1 aromatic rings. The highest BCUT2D eigenvalue weighted by atomic mass is 16.5. The molecule has 0 aromatic heterocycles. The van der Waals surface area contributed by atoms with Gasteiger partial charge in [0.1, 0.15) is 23.7 Å². The predicted molar refractivity (Wildman–Crippen MR) is 81.4 cm³/mol. The minimum atomic E-state index is -0.757. The third-order valence-electron chi connectivity index (χ3n) is 3.27. The van der Waals surface area contributed by atoms with Gasteiger partial charge in [-0.3, -0.25) is 4.79 Å². The van der Waals surface area contributed by atoms with Crippen molar-refractivity contribution in [3.05, 3.63) is 47.6 Å². The number of ether oxygens (including phenoxy) is 1. The summed E-state index contributed by atoms with van der Waals surface area (Å²) < 4.78 is 5.07. The molecule has 5 nitrogen and oxygen atoms in total. The van der Waals surface area contributed by atoms with Crippen molar-refractivity contribution >= 4 is 17.8 Å². The number of carbonyl (C=O) groups excluding carboxylic acids is 2. The molecule has 1 aliphatic heterocycles. The van der Waals surface area contributed by atoms with Crippen LogP contribution in [0.5, 0.6) is 5.75 Å². The van der Waals surface area contributed by atoms with Gasteiger partial charge >= 0.3 is 5.97 Å². The molecular formula is C17H18O5.